The molecule has 3 aromatic rings. The van der Waals surface area contributed by atoms with Crippen LogP contribution in [0.25, 0.3) is 0 Å². The van der Waals surface area contributed by atoms with Gasteiger partial charge in [-0.05, 0) is 61.4 Å². The lowest BCUT2D eigenvalue weighted by molar-refractivity contribution is -0.143. The number of sulfonamides is 1. The van der Waals surface area contributed by atoms with Crippen LogP contribution in [0.5, 0.6) is 5.75 Å². The van der Waals surface area contributed by atoms with E-state index in [1.165, 1.54) is 41.3 Å². The van der Waals surface area contributed by atoms with Crippen molar-refractivity contribution in [3.63, 3.8) is 0 Å². The second-order valence-electron chi connectivity index (χ2n) is 10.1. The largest absolute Gasteiger partial charge is 0.506 e. The highest BCUT2D eigenvalue weighted by molar-refractivity contribution is 7.93. The first-order valence-electron chi connectivity index (χ1n) is 13.8. The van der Waals surface area contributed by atoms with E-state index in [4.69, 9.17) is 0 Å². The Balaban J connectivity index is 1.27. The number of likely N-dealkylation sites (tertiary alicyclic amines) is 1. The first-order valence-corrected chi connectivity index (χ1v) is 15.3. The lowest BCUT2D eigenvalue weighted by Crippen LogP contribution is -2.54. The summed E-state index contributed by atoms with van der Waals surface area (Å²) in [5, 5.41) is 16.3. The number of nitrogens with zero attached hydrogens (tertiary/aromatic N) is 3. The molecule has 2 aliphatic heterocycles. The molecule has 5 rings (SSSR count). The number of anilines is 2. The van der Waals surface area contributed by atoms with Gasteiger partial charge in [-0.3, -0.25) is 14.4 Å². The van der Waals surface area contributed by atoms with Crippen molar-refractivity contribution in [1.82, 2.24) is 20.4 Å². The summed E-state index contributed by atoms with van der Waals surface area (Å²) in [6.45, 7) is 2.84. The smallest absolute Gasteiger partial charge is 0.268 e. The van der Waals surface area contributed by atoms with E-state index in [-0.39, 0.29) is 40.3 Å². The zero-order valence-electron chi connectivity index (χ0n) is 23.0. The number of carbonyl (C=O) groups excluding carboxylic acids is 3. The molecule has 0 bridgehead atoms. The van der Waals surface area contributed by atoms with E-state index < -0.39 is 22.0 Å². The SMILES string of the molecule is O=C(NCC(=O)N1CCCC1C(=O)N1CCNCC1)c1ccc(S(=O)(=O)N(c2ccccc2)c2ccccc2O)cc1. The van der Waals surface area contributed by atoms with E-state index in [1.807, 2.05) is 0 Å². The molecule has 12 heteroatoms. The molecule has 3 amide bonds. The maximum atomic E-state index is 13.8. The molecule has 0 aliphatic carbocycles. The summed E-state index contributed by atoms with van der Waals surface area (Å²) in [6, 6.07) is 19.3. The molecular formula is C30H33N5O6S. The van der Waals surface area contributed by atoms with E-state index in [0.29, 0.717) is 31.7 Å². The summed E-state index contributed by atoms with van der Waals surface area (Å²) in [7, 11) is -4.19. The molecule has 1 atom stereocenters. The molecule has 0 spiro atoms. The van der Waals surface area contributed by atoms with Crippen molar-refractivity contribution in [2.75, 3.05) is 43.6 Å². The van der Waals surface area contributed by atoms with Crippen molar-refractivity contribution in [2.24, 2.45) is 0 Å². The summed E-state index contributed by atoms with van der Waals surface area (Å²) < 4.78 is 28.6. The molecule has 1 unspecified atom stereocenters. The standard InChI is InChI=1S/C30H33N5O6S/c36-27-11-5-4-9-25(27)35(23-7-2-1-3-8-23)42(40,41)24-14-12-22(13-15-24)29(38)32-21-28(37)34-18-6-10-26(34)30(39)33-19-16-31-17-20-33/h1-5,7-9,11-15,26,31,36H,6,10,16-21H2,(H,32,38). The number of piperazine rings is 1. The molecule has 2 heterocycles. The Morgan fingerprint density at radius 3 is 2.26 bits per heavy atom. The Morgan fingerprint density at radius 1 is 0.905 bits per heavy atom. The fraction of sp³-hybridized carbons (Fsp3) is 0.300. The minimum absolute atomic E-state index is 0.0566. The number of hydrogen-bond donors (Lipinski definition) is 3. The summed E-state index contributed by atoms with van der Waals surface area (Å²) in [4.78, 5) is 42.0. The summed E-state index contributed by atoms with van der Waals surface area (Å²) in [6.07, 6.45) is 1.32. The van der Waals surface area contributed by atoms with Gasteiger partial charge in [0.15, 0.2) is 0 Å². The van der Waals surface area contributed by atoms with Gasteiger partial charge in [0.05, 0.1) is 22.8 Å². The number of hydrogen-bond acceptors (Lipinski definition) is 7. The van der Waals surface area contributed by atoms with Crippen LogP contribution in [0.1, 0.15) is 23.2 Å². The van der Waals surface area contributed by atoms with Gasteiger partial charge in [-0.1, -0.05) is 30.3 Å². The average Bonchev–Trinajstić information content (AvgIpc) is 3.52. The number of para-hydroxylation sites is 3. The summed E-state index contributed by atoms with van der Waals surface area (Å²) >= 11 is 0. The number of amides is 3. The predicted octanol–water partition coefficient (Wildman–Crippen LogP) is 2.07. The first-order chi connectivity index (χ1) is 20.3. The zero-order valence-corrected chi connectivity index (χ0v) is 23.8. The number of rotatable bonds is 8. The highest BCUT2D eigenvalue weighted by Gasteiger charge is 2.37. The highest BCUT2D eigenvalue weighted by atomic mass is 32.2. The third-order valence-corrected chi connectivity index (χ3v) is 9.19. The van der Waals surface area contributed by atoms with Crippen LogP contribution in [0, 0.1) is 0 Å². The Hall–Kier alpha value is -4.42. The van der Waals surface area contributed by atoms with Gasteiger partial charge in [-0.25, -0.2) is 12.7 Å². The quantitative estimate of drug-likeness (QED) is 0.365. The van der Waals surface area contributed by atoms with Crippen molar-refractivity contribution in [1.29, 1.82) is 0 Å². The van der Waals surface area contributed by atoms with Crippen molar-refractivity contribution >= 4 is 39.1 Å². The van der Waals surface area contributed by atoms with E-state index in [2.05, 4.69) is 10.6 Å². The van der Waals surface area contributed by atoms with Crippen LogP contribution in [0.3, 0.4) is 0 Å². The van der Waals surface area contributed by atoms with Crippen LogP contribution in [-0.4, -0.2) is 86.4 Å². The number of aromatic hydroxyl groups is 1. The van der Waals surface area contributed by atoms with E-state index in [1.54, 1.807) is 47.4 Å². The molecule has 0 aromatic heterocycles. The van der Waals surface area contributed by atoms with Crippen molar-refractivity contribution in [3.8, 4) is 5.75 Å². The molecule has 2 aliphatic rings. The number of carbonyl (C=O) groups is 3. The molecular weight excluding hydrogens is 558 g/mol. The number of nitrogens with one attached hydrogen (secondary N) is 2. The van der Waals surface area contributed by atoms with Gasteiger partial charge in [0.2, 0.25) is 11.8 Å². The van der Waals surface area contributed by atoms with Crippen LogP contribution in [0.4, 0.5) is 11.4 Å². The maximum absolute atomic E-state index is 13.8. The van der Waals surface area contributed by atoms with Gasteiger partial charge in [-0.2, -0.15) is 0 Å². The Kier molecular flexibility index (Phi) is 8.74. The number of phenolic OH excluding ortho intramolecular Hbond substituents is 1. The van der Waals surface area contributed by atoms with Crippen LogP contribution >= 0.6 is 0 Å². The Bertz CT molecular complexity index is 1540. The van der Waals surface area contributed by atoms with Gasteiger partial charge >= 0.3 is 0 Å². The van der Waals surface area contributed by atoms with Gasteiger partial charge in [0, 0.05) is 38.3 Å². The minimum Gasteiger partial charge on any atom is -0.506 e. The molecule has 3 aromatic carbocycles. The molecule has 3 N–H and O–H groups in total. The van der Waals surface area contributed by atoms with Crippen molar-refractivity contribution in [3.05, 3.63) is 84.4 Å². The molecule has 0 radical (unpaired) electrons. The Morgan fingerprint density at radius 2 is 1.57 bits per heavy atom. The maximum Gasteiger partial charge on any atom is 0.268 e. The molecule has 220 valence electrons. The second kappa shape index (κ2) is 12.6. The lowest BCUT2D eigenvalue weighted by atomic mass is 10.1. The molecule has 0 saturated carbocycles. The first kappa shape index (κ1) is 29.1. The molecule has 2 saturated heterocycles. The van der Waals surface area contributed by atoms with E-state index in [9.17, 15) is 27.9 Å². The molecule has 11 nitrogen and oxygen atoms in total. The van der Waals surface area contributed by atoms with Crippen molar-refractivity contribution < 1.29 is 27.9 Å². The van der Waals surface area contributed by atoms with Crippen molar-refractivity contribution in [2.45, 2.75) is 23.8 Å². The highest BCUT2D eigenvalue weighted by Crippen LogP contribution is 2.37. The van der Waals surface area contributed by atoms with Gasteiger partial charge < -0.3 is 25.5 Å². The lowest BCUT2D eigenvalue weighted by Gasteiger charge is -2.33. The monoisotopic (exact) mass is 591 g/mol. The number of phenols is 1. The van der Waals surface area contributed by atoms with Crippen LogP contribution in [0.15, 0.2) is 83.8 Å². The van der Waals surface area contributed by atoms with Gasteiger partial charge in [-0.15, -0.1) is 0 Å². The normalized spacial score (nSPS) is 17.1. The third kappa shape index (κ3) is 6.09. The fourth-order valence-corrected chi connectivity index (χ4v) is 6.77. The Labute approximate surface area is 244 Å². The summed E-state index contributed by atoms with van der Waals surface area (Å²) in [5.74, 6) is -1.15. The summed E-state index contributed by atoms with van der Waals surface area (Å²) in [5.41, 5.74) is 0.583. The second-order valence-corrected chi connectivity index (χ2v) is 11.9. The van der Waals surface area contributed by atoms with Crippen LogP contribution < -0.4 is 14.9 Å². The third-order valence-electron chi connectivity index (χ3n) is 7.43. The van der Waals surface area contributed by atoms with E-state index >= 15 is 0 Å². The molecule has 2 fully saturated rings. The topological polar surface area (TPSA) is 139 Å². The fourth-order valence-electron chi connectivity index (χ4n) is 5.27. The molecule has 42 heavy (non-hydrogen) atoms. The average molecular weight is 592 g/mol. The predicted molar refractivity (Wildman–Crippen MR) is 157 cm³/mol. The van der Waals surface area contributed by atoms with E-state index in [0.717, 1.165) is 23.8 Å². The number of benzene rings is 3. The van der Waals surface area contributed by atoms with Crippen LogP contribution in [0.2, 0.25) is 0 Å². The minimum atomic E-state index is -4.19. The van der Waals surface area contributed by atoms with Gasteiger partial charge in [0.25, 0.3) is 15.9 Å². The van der Waals surface area contributed by atoms with Crippen LogP contribution in [-0.2, 0) is 19.6 Å². The zero-order chi connectivity index (χ0) is 29.7. The van der Waals surface area contributed by atoms with Gasteiger partial charge in [0.1, 0.15) is 11.8 Å².